The molecule has 2 fully saturated rings. The van der Waals surface area contributed by atoms with Gasteiger partial charge in [0.1, 0.15) is 11.6 Å². The molecule has 0 spiro atoms. The van der Waals surface area contributed by atoms with Gasteiger partial charge in [-0.05, 0) is 45.0 Å². The highest BCUT2D eigenvalue weighted by Crippen LogP contribution is 2.26. The van der Waals surface area contributed by atoms with Gasteiger partial charge < -0.3 is 9.47 Å². The standard InChI is InChI=1S/C16H27N5OS/c1-19-14(11-20-7-3-4-8-20)17-18-16(19)13-6-5-9-21(10-13)15(22)12-23-2/h13H,3-12H2,1-2H3/t13-/m1/s1. The van der Waals surface area contributed by atoms with Gasteiger partial charge in [-0.1, -0.05) is 0 Å². The minimum Gasteiger partial charge on any atom is -0.341 e. The summed E-state index contributed by atoms with van der Waals surface area (Å²) in [6, 6.07) is 0. The Morgan fingerprint density at radius 2 is 2.00 bits per heavy atom. The van der Waals surface area contributed by atoms with Crippen LogP contribution in [0, 0.1) is 0 Å². The number of thioether (sulfide) groups is 1. The minimum atomic E-state index is 0.252. The van der Waals surface area contributed by atoms with Crippen LogP contribution in [-0.2, 0) is 18.4 Å². The predicted octanol–water partition coefficient (Wildman–Crippen LogP) is 1.48. The molecule has 1 atom stereocenters. The van der Waals surface area contributed by atoms with Gasteiger partial charge in [0, 0.05) is 26.1 Å². The highest BCUT2D eigenvalue weighted by Gasteiger charge is 2.28. The van der Waals surface area contributed by atoms with Crippen LogP contribution in [-0.4, -0.2) is 68.7 Å². The average molecular weight is 337 g/mol. The summed E-state index contributed by atoms with van der Waals surface area (Å²) in [7, 11) is 2.07. The van der Waals surface area contributed by atoms with Gasteiger partial charge in [-0.15, -0.1) is 10.2 Å². The first-order chi connectivity index (χ1) is 11.2. The molecule has 0 aliphatic carbocycles. The highest BCUT2D eigenvalue weighted by molar-refractivity contribution is 7.99. The summed E-state index contributed by atoms with van der Waals surface area (Å²) in [5.74, 6) is 3.24. The molecule has 3 heterocycles. The fourth-order valence-electron chi connectivity index (χ4n) is 3.64. The lowest BCUT2D eigenvalue weighted by Gasteiger charge is -2.32. The lowest BCUT2D eigenvalue weighted by atomic mass is 9.97. The Hall–Kier alpha value is -1.08. The second kappa shape index (κ2) is 7.66. The van der Waals surface area contributed by atoms with E-state index < -0.39 is 0 Å². The zero-order valence-electron chi connectivity index (χ0n) is 14.2. The number of amides is 1. The van der Waals surface area contributed by atoms with E-state index >= 15 is 0 Å². The molecule has 0 saturated carbocycles. The molecule has 0 bridgehead atoms. The molecule has 128 valence electrons. The van der Waals surface area contributed by atoms with Gasteiger partial charge >= 0.3 is 0 Å². The molecule has 6 nitrogen and oxygen atoms in total. The van der Waals surface area contributed by atoms with Crippen molar-refractivity contribution < 1.29 is 4.79 Å². The SMILES string of the molecule is CSCC(=O)N1CCC[C@@H](c2nnc(CN3CCCC3)n2C)C1. The number of aromatic nitrogens is 3. The van der Waals surface area contributed by atoms with Crippen LogP contribution in [0.3, 0.4) is 0 Å². The average Bonchev–Trinajstić information content (AvgIpc) is 3.19. The number of carbonyl (C=O) groups is 1. The van der Waals surface area contributed by atoms with Crippen molar-refractivity contribution in [3.05, 3.63) is 11.6 Å². The van der Waals surface area contributed by atoms with E-state index in [1.165, 1.54) is 25.9 Å². The molecule has 1 aromatic heterocycles. The van der Waals surface area contributed by atoms with Crippen molar-refractivity contribution in [3.8, 4) is 0 Å². The van der Waals surface area contributed by atoms with Gasteiger partial charge in [0.05, 0.1) is 12.3 Å². The van der Waals surface area contributed by atoms with Gasteiger partial charge in [0.25, 0.3) is 0 Å². The van der Waals surface area contributed by atoms with Crippen LogP contribution in [0.1, 0.15) is 43.3 Å². The van der Waals surface area contributed by atoms with E-state index in [9.17, 15) is 4.79 Å². The van der Waals surface area contributed by atoms with Gasteiger partial charge in [-0.2, -0.15) is 11.8 Å². The normalized spacial score (nSPS) is 22.7. The molecule has 0 aromatic carbocycles. The Morgan fingerprint density at radius 3 is 2.74 bits per heavy atom. The van der Waals surface area contributed by atoms with E-state index in [4.69, 9.17) is 0 Å². The van der Waals surface area contributed by atoms with E-state index in [0.717, 1.165) is 44.1 Å². The number of likely N-dealkylation sites (tertiary alicyclic amines) is 2. The second-order valence-electron chi connectivity index (χ2n) is 6.63. The van der Waals surface area contributed by atoms with Crippen LogP contribution in [0.25, 0.3) is 0 Å². The van der Waals surface area contributed by atoms with Gasteiger partial charge in [-0.3, -0.25) is 9.69 Å². The molecular weight excluding hydrogens is 310 g/mol. The van der Waals surface area contributed by atoms with Crippen molar-refractivity contribution in [2.24, 2.45) is 7.05 Å². The van der Waals surface area contributed by atoms with Gasteiger partial charge in [0.15, 0.2) is 0 Å². The summed E-state index contributed by atoms with van der Waals surface area (Å²) in [5, 5.41) is 8.89. The maximum atomic E-state index is 12.2. The third kappa shape index (κ3) is 3.88. The lowest BCUT2D eigenvalue weighted by molar-refractivity contribution is -0.129. The van der Waals surface area contributed by atoms with Gasteiger partial charge in [0.2, 0.25) is 5.91 Å². The second-order valence-corrected chi connectivity index (χ2v) is 7.49. The zero-order valence-corrected chi connectivity index (χ0v) is 15.0. The van der Waals surface area contributed by atoms with Crippen molar-refractivity contribution >= 4 is 17.7 Å². The highest BCUT2D eigenvalue weighted by atomic mass is 32.2. The lowest BCUT2D eigenvalue weighted by Crippen LogP contribution is -2.40. The summed E-state index contributed by atoms with van der Waals surface area (Å²) in [5.41, 5.74) is 0. The third-order valence-corrected chi connectivity index (χ3v) is 5.51. The minimum absolute atomic E-state index is 0.252. The number of hydrogen-bond donors (Lipinski definition) is 0. The monoisotopic (exact) mass is 337 g/mol. The first-order valence-corrected chi connectivity index (χ1v) is 9.95. The van der Waals surface area contributed by atoms with Crippen LogP contribution in [0.15, 0.2) is 0 Å². The van der Waals surface area contributed by atoms with E-state index in [2.05, 4.69) is 26.7 Å². The van der Waals surface area contributed by atoms with E-state index in [1.54, 1.807) is 11.8 Å². The maximum Gasteiger partial charge on any atom is 0.232 e. The van der Waals surface area contributed by atoms with Crippen LogP contribution >= 0.6 is 11.8 Å². The number of piperidine rings is 1. The Bertz CT molecular complexity index is 541. The molecule has 0 radical (unpaired) electrons. The molecule has 0 N–H and O–H groups in total. The molecular formula is C16H27N5OS. The van der Waals surface area contributed by atoms with Crippen LogP contribution in [0.5, 0.6) is 0 Å². The smallest absolute Gasteiger partial charge is 0.232 e. The number of rotatable bonds is 5. The third-order valence-electron chi connectivity index (χ3n) is 4.97. The fraction of sp³-hybridized carbons (Fsp3) is 0.812. The Labute approximate surface area is 142 Å². The Morgan fingerprint density at radius 1 is 1.22 bits per heavy atom. The molecule has 0 unspecified atom stereocenters. The molecule has 2 aliphatic heterocycles. The van der Waals surface area contributed by atoms with Gasteiger partial charge in [-0.25, -0.2) is 0 Å². The molecule has 2 saturated heterocycles. The number of nitrogens with zero attached hydrogens (tertiary/aromatic N) is 5. The van der Waals surface area contributed by atoms with Crippen LogP contribution in [0.2, 0.25) is 0 Å². The van der Waals surface area contributed by atoms with Crippen molar-refractivity contribution in [1.29, 1.82) is 0 Å². The van der Waals surface area contributed by atoms with E-state index in [0.29, 0.717) is 11.7 Å². The van der Waals surface area contributed by atoms with E-state index in [-0.39, 0.29) is 5.91 Å². The largest absolute Gasteiger partial charge is 0.341 e. The molecule has 1 amide bonds. The molecule has 1 aromatic rings. The molecule has 2 aliphatic rings. The maximum absolute atomic E-state index is 12.2. The summed E-state index contributed by atoms with van der Waals surface area (Å²) in [4.78, 5) is 16.6. The Kier molecular flexibility index (Phi) is 5.58. The van der Waals surface area contributed by atoms with Crippen molar-refractivity contribution in [2.45, 2.75) is 38.1 Å². The summed E-state index contributed by atoms with van der Waals surface area (Å²) >= 11 is 1.60. The predicted molar refractivity (Wildman–Crippen MR) is 92.5 cm³/mol. The van der Waals surface area contributed by atoms with Crippen molar-refractivity contribution in [2.75, 3.05) is 38.2 Å². The number of carbonyl (C=O) groups excluding carboxylic acids is 1. The Balaban J connectivity index is 1.66. The summed E-state index contributed by atoms with van der Waals surface area (Å²) in [6.07, 6.45) is 6.71. The first-order valence-electron chi connectivity index (χ1n) is 8.56. The van der Waals surface area contributed by atoms with E-state index in [1.807, 2.05) is 11.2 Å². The quantitative estimate of drug-likeness (QED) is 0.815. The summed E-state index contributed by atoms with van der Waals surface area (Å²) in [6.45, 7) is 4.90. The zero-order chi connectivity index (χ0) is 16.2. The topological polar surface area (TPSA) is 54.3 Å². The van der Waals surface area contributed by atoms with Crippen LogP contribution in [0.4, 0.5) is 0 Å². The van der Waals surface area contributed by atoms with Crippen LogP contribution < -0.4 is 0 Å². The van der Waals surface area contributed by atoms with Crippen molar-refractivity contribution in [3.63, 3.8) is 0 Å². The molecule has 7 heteroatoms. The van der Waals surface area contributed by atoms with Crippen molar-refractivity contribution in [1.82, 2.24) is 24.6 Å². The fourth-order valence-corrected chi connectivity index (χ4v) is 4.07. The molecule has 23 heavy (non-hydrogen) atoms. The first kappa shape index (κ1) is 16.8. The molecule has 3 rings (SSSR count). The number of hydrogen-bond acceptors (Lipinski definition) is 5. The summed E-state index contributed by atoms with van der Waals surface area (Å²) < 4.78 is 2.16.